The molecule has 3 rings (SSSR count). The lowest BCUT2D eigenvalue weighted by Gasteiger charge is -2.07. The number of anilines is 2. The molecule has 6 heteroatoms. The van der Waals surface area contributed by atoms with Crippen molar-refractivity contribution in [2.75, 3.05) is 11.1 Å². The third-order valence-corrected chi connectivity index (χ3v) is 4.38. The summed E-state index contributed by atoms with van der Waals surface area (Å²) in [6.45, 7) is 0.724. The van der Waals surface area contributed by atoms with Gasteiger partial charge in [-0.15, -0.1) is 0 Å². The highest BCUT2D eigenvalue weighted by Crippen LogP contribution is 2.36. The second-order valence-electron chi connectivity index (χ2n) is 4.49. The second kappa shape index (κ2) is 6.24. The van der Waals surface area contributed by atoms with Gasteiger partial charge in [0.25, 0.3) is 0 Å². The van der Waals surface area contributed by atoms with Crippen LogP contribution in [0.1, 0.15) is 5.56 Å². The van der Waals surface area contributed by atoms with Crippen molar-refractivity contribution in [2.24, 2.45) is 0 Å². The van der Waals surface area contributed by atoms with E-state index in [1.165, 1.54) is 17.1 Å². The first kappa shape index (κ1) is 14.0. The Hall–Kier alpha value is -1.92. The molecule has 0 spiro atoms. The van der Waals surface area contributed by atoms with Crippen LogP contribution in [-0.4, -0.2) is 9.36 Å². The molecule has 0 radical (unpaired) electrons. The van der Waals surface area contributed by atoms with Gasteiger partial charge >= 0.3 is 0 Å². The summed E-state index contributed by atoms with van der Waals surface area (Å²) >= 11 is 4.81. The van der Waals surface area contributed by atoms with E-state index in [1.54, 1.807) is 12.4 Å². The fourth-order valence-corrected chi connectivity index (χ4v) is 2.99. The number of nitrogens with two attached hydrogens (primary N) is 1. The van der Waals surface area contributed by atoms with Gasteiger partial charge in [0.1, 0.15) is 10.8 Å². The van der Waals surface area contributed by atoms with E-state index in [4.69, 9.17) is 5.73 Å². The minimum atomic E-state index is 0.534. The first-order valence-electron chi connectivity index (χ1n) is 6.38. The second-order valence-corrected chi connectivity index (χ2v) is 6.18. The van der Waals surface area contributed by atoms with Gasteiger partial charge in [0.2, 0.25) is 0 Å². The predicted molar refractivity (Wildman–Crippen MR) is 91.2 cm³/mol. The number of rotatable bonds is 4. The van der Waals surface area contributed by atoms with Crippen molar-refractivity contribution >= 4 is 38.3 Å². The molecule has 0 fully saturated rings. The molecular weight excluding hydrogens is 348 g/mol. The van der Waals surface area contributed by atoms with Gasteiger partial charge in [-0.25, -0.2) is 0 Å². The zero-order valence-corrected chi connectivity index (χ0v) is 13.5. The molecule has 106 valence electrons. The van der Waals surface area contributed by atoms with Gasteiger partial charge in [-0.2, -0.15) is 4.37 Å². The van der Waals surface area contributed by atoms with Crippen LogP contribution in [0, 0.1) is 0 Å². The minimum Gasteiger partial charge on any atom is -0.382 e. The quantitative estimate of drug-likeness (QED) is 0.732. The highest BCUT2D eigenvalue weighted by atomic mass is 79.9. The molecule has 3 aromatic rings. The molecule has 0 atom stereocenters. The van der Waals surface area contributed by atoms with E-state index in [0.29, 0.717) is 5.82 Å². The number of halogens is 1. The molecule has 21 heavy (non-hydrogen) atoms. The molecule has 0 saturated heterocycles. The third-order valence-electron chi connectivity index (χ3n) is 3.04. The molecule has 0 aliphatic rings. The van der Waals surface area contributed by atoms with Crippen molar-refractivity contribution < 1.29 is 0 Å². The van der Waals surface area contributed by atoms with Crippen LogP contribution in [0.2, 0.25) is 0 Å². The maximum atomic E-state index is 5.99. The molecule has 2 aromatic heterocycles. The summed E-state index contributed by atoms with van der Waals surface area (Å²) in [5.41, 5.74) is 9.08. The van der Waals surface area contributed by atoms with Gasteiger partial charge in [0.15, 0.2) is 0 Å². The molecule has 0 bridgehead atoms. The molecule has 4 nitrogen and oxygen atoms in total. The topological polar surface area (TPSA) is 63.8 Å². The van der Waals surface area contributed by atoms with Crippen molar-refractivity contribution in [2.45, 2.75) is 6.54 Å². The zero-order chi connectivity index (χ0) is 14.7. The minimum absolute atomic E-state index is 0.534. The summed E-state index contributed by atoms with van der Waals surface area (Å²) in [7, 11) is 0. The van der Waals surface area contributed by atoms with E-state index >= 15 is 0 Å². The van der Waals surface area contributed by atoms with Crippen molar-refractivity contribution in [3.05, 3.63) is 58.8 Å². The highest BCUT2D eigenvalue weighted by molar-refractivity contribution is 9.10. The summed E-state index contributed by atoms with van der Waals surface area (Å²) in [4.78, 5) is 4.14. The average molecular weight is 361 g/mol. The van der Waals surface area contributed by atoms with Crippen LogP contribution in [-0.2, 0) is 6.54 Å². The van der Waals surface area contributed by atoms with E-state index in [1.807, 2.05) is 24.3 Å². The number of nitrogens with one attached hydrogen (secondary N) is 1. The van der Waals surface area contributed by atoms with E-state index < -0.39 is 0 Å². The van der Waals surface area contributed by atoms with Crippen molar-refractivity contribution in [1.82, 2.24) is 9.36 Å². The van der Waals surface area contributed by atoms with Gasteiger partial charge in [0.05, 0.1) is 5.56 Å². The van der Waals surface area contributed by atoms with Crippen molar-refractivity contribution in [3.8, 4) is 11.1 Å². The highest BCUT2D eigenvalue weighted by Gasteiger charge is 2.13. The fourth-order valence-electron chi connectivity index (χ4n) is 2.00. The number of nitrogen functional groups attached to an aromatic ring is 1. The standard InChI is InChI=1S/C15H13BrN4S/c16-12-5-3-10(4-6-12)8-19-15-13(14(17)20-21-15)11-2-1-7-18-9-11/h1-7,9,19H,8H2,(H2,17,20). The number of aromatic nitrogens is 2. The Balaban J connectivity index is 1.82. The van der Waals surface area contributed by atoms with Crippen molar-refractivity contribution in [1.29, 1.82) is 0 Å². The Morgan fingerprint density at radius 1 is 1.19 bits per heavy atom. The summed E-state index contributed by atoms with van der Waals surface area (Å²) in [6.07, 6.45) is 3.54. The molecule has 0 saturated carbocycles. The smallest absolute Gasteiger partial charge is 0.147 e. The Labute approximate surface area is 135 Å². The van der Waals surface area contributed by atoms with Gasteiger partial charge < -0.3 is 11.1 Å². The third kappa shape index (κ3) is 3.22. The van der Waals surface area contributed by atoms with E-state index in [0.717, 1.165) is 27.1 Å². The Morgan fingerprint density at radius 3 is 2.71 bits per heavy atom. The molecule has 0 amide bonds. The predicted octanol–water partition coefficient (Wildman–Crippen LogP) is 4.16. The maximum Gasteiger partial charge on any atom is 0.147 e. The molecule has 2 heterocycles. The van der Waals surface area contributed by atoms with Crippen LogP contribution in [0.4, 0.5) is 10.8 Å². The molecule has 0 unspecified atom stereocenters. The largest absolute Gasteiger partial charge is 0.382 e. The fraction of sp³-hybridized carbons (Fsp3) is 0.0667. The molecule has 3 N–H and O–H groups in total. The zero-order valence-electron chi connectivity index (χ0n) is 11.1. The summed E-state index contributed by atoms with van der Waals surface area (Å²) in [5, 5.41) is 4.36. The van der Waals surface area contributed by atoms with Gasteiger partial charge in [-0.1, -0.05) is 34.1 Å². The summed E-state index contributed by atoms with van der Waals surface area (Å²) in [6, 6.07) is 12.1. The summed E-state index contributed by atoms with van der Waals surface area (Å²) < 4.78 is 5.31. The van der Waals surface area contributed by atoms with Crippen LogP contribution in [0.15, 0.2) is 53.3 Å². The van der Waals surface area contributed by atoms with Crippen LogP contribution >= 0.6 is 27.5 Å². The van der Waals surface area contributed by atoms with Gasteiger partial charge in [-0.3, -0.25) is 4.98 Å². The SMILES string of the molecule is Nc1nsc(NCc2ccc(Br)cc2)c1-c1cccnc1. The number of nitrogens with zero attached hydrogens (tertiary/aromatic N) is 2. The van der Waals surface area contributed by atoms with E-state index in [-0.39, 0.29) is 0 Å². The molecular formula is C15H13BrN4S. The Morgan fingerprint density at radius 2 is 2.00 bits per heavy atom. The van der Waals surface area contributed by atoms with Crippen LogP contribution < -0.4 is 11.1 Å². The molecule has 0 aliphatic heterocycles. The van der Waals surface area contributed by atoms with Crippen LogP contribution in [0.3, 0.4) is 0 Å². The normalized spacial score (nSPS) is 10.5. The van der Waals surface area contributed by atoms with E-state index in [2.05, 4.69) is 42.7 Å². The number of hydrogen-bond acceptors (Lipinski definition) is 5. The number of pyridine rings is 1. The Kier molecular flexibility index (Phi) is 4.17. The van der Waals surface area contributed by atoms with Crippen molar-refractivity contribution in [3.63, 3.8) is 0 Å². The first-order valence-corrected chi connectivity index (χ1v) is 7.94. The lowest BCUT2D eigenvalue weighted by atomic mass is 10.1. The van der Waals surface area contributed by atoms with Crippen LogP contribution in [0.25, 0.3) is 11.1 Å². The van der Waals surface area contributed by atoms with Gasteiger partial charge in [0, 0.05) is 29.0 Å². The number of benzene rings is 1. The lowest BCUT2D eigenvalue weighted by Crippen LogP contribution is -1.99. The summed E-state index contributed by atoms with van der Waals surface area (Å²) in [5.74, 6) is 0.534. The van der Waals surface area contributed by atoms with E-state index in [9.17, 15) is 0 Å². The molecule has 0 aliphatic carbocycles. The monoisotopic (exact) mass is 360 g/mol. The molecule has 1 aromatic carbocycles. The first-order chi connectivity index (χ1) is 10.2. The van der Waals surface area contributed by atoms with Crippen LogP contribution in [0.5, 0.6) is 0 Å². The van der Waals surface area contributed by atoms with Gasteiger partial charge in [-0.05, 0) is 35.3 Å². The number of hydrogen-bond donors (Lipinski definition) is 2. The lowest BCUT2D eigenvalue weighted by molar-refractivity contribution is 1.16. The Bertz CT molecular complexity index is 725. The average Bonchev–Trinajstić information content (AvgIpc) is 2.88. The maximum absolute atomic E-state index is 5.99.